The second-order valence-corrected chi connectivity index (χ2v) is 3.39. The number of fused-ring (bicyclic) bond motifs is 1. The molecule has 0 spiro atoms. The van der Waals surface area contributed by atoms with Crippen molar-refractivity contribution in [3.05, 3.63) is 18.3 Å². The van der Waals surface area contributed by atoms with Crippen LogP contribution in [-0.2, 0) is 0 Å². The van der Waals surface area contributed by atoms with Crippen LogP contribution in [0.5, 0.6) is 0 Å². The molecule has 2 aromatic heterocycles. The predicted molar refractivity (Wildman–Crippen MR) is 58.7 cm³/mol. The summed E-state index contributed by atoms with van der Waals surface area (Å²) in [5.41, 5.74) is 6.80. The molecule has 80 valence electrons. The fourth-order valence-corrected chi connectivity index (χ4v) is 1.34. The van der Waals surface area contributed by atoms with Crippen molar-refractivity contribution >= 4 is 17.2 Å². The van der Waals surface area contributed by atoms with E-state index in [1.807, 2.05) is 24.1 Å². The smallest absolute Gasteiger partial charge is 0.299 e. The first-order valence-corrected chi connectivity index (χ1v) is 4.94. The summed E-state index contributed by atoms with van der Waals surface area (Å²) in [6.07, 6.45) is 2.62. The van der Waals surface area contributed by atoms with Crippen LogP contribution < -0.4 is 10.6 Å². The molecule has 0 amide bonds. The Kier molecular flexibility index (Phi) is 2.82. The number of rotatable bonds is 4. The number of anilines is 1. The summed E-state index contributed by atoms with van der Waals surface area (Å²) in [6, 6.07) is 4.28. The molecular formula is C10H14N4O. The quantitative estimate of drug-likeness (QED) is 0.808. The van der Waals surface area contributed by atoms with Gasteiger partial charge in [0.15, 0.2) is 5.58 Å². The minimum atomic E-state index is 0.595. The molecule has 2 N–H and O–H groups in total. The van der Waals surface area contributed by atoms with Crippen LogP contribution in [0.4, 0.5) is 6.01 Å². The molecule has 0 unspecified atom stereocenters. The van der Waals surface area contributed by atoms with Gasteiger partial charge < -0.3 is 15.1 Å². The third-order valence-electron chi connectivity index (χ3n) is 2.18. The second kappa shape index (κ2) is 4.27. The number of nitrogens with zero attached hydrogens (tertiary/aromatic N) is 3. The molecule has 0 atom stereocenters. The molecule has 0 aliphatic carbocycles. The van der Waals surface area contributed by atoms with Crippen molar-refractivity contribution in [2.45, 2.75) is 6.42 Å². The fraction of sp³-hybridized carbons (Fsp3) is 0.400. The highest BCUT2D eigenvalue weighted by Gasteiger charge is 2.09. The Morgan fingerprint density at radius 2 is 2.40 bits per heavy atom. The van der Waals surface area contributed by atoms with Gasteiger partial charge in [-0.3, -0.25) is 0 Å². The van der Waals surface area contributed by atoms with Gasteiger partial charge in [0, 0.05) is 19.8 Å². The van der Waals surface area contributed by atoms with Crippen LogP contribution in [0, 0.1) is 0 Å². The molecule has 0 fully saturated rings. The number of oxazole rings is 1. The minimum Gasteiger partial charge on any atom is -0.422 e. The normalized spacial score (nSPS) is 10.8. The van der Waals surface area contributed by atoms with Crippen LogP contribution in [0.15, 0.2) is 22.7 Å². The minimum absolute atomic E-state index is 0.595. The van der Waals surface area contributed by atoms with Crippen LogP contribution in [-0.4, -0.2) is 30.1 Å². The molecule has 15 heavy (non-hydrogen) atoms. The Morgan fingerprint density at radius 1 is 1.53 bits per heavy atom. The van der Waals surface area contributed by atoms with Gasteiger partial charge in [0.05, 0.1) is 0 Å². The fourth-order valence-electron chi connectivity index (χ4n) is 1.34. The molecule has 2 aromatic rings. The molecule has 0 aliphatic heterocycles. The van der Waals surface area contributed by atoms with Gasteiger partial charge in [-0.1, -0.05) is 0 Å². The van der Waals surface area contributed by atoms with Crippen molar-refractivity contribution in [3.8, 4) is 0 Å². The standard InChI is InChI=1S/C10H14N4O/c1-14(7-3-5-11)10-13-9-8(15-10)4-2-6-12-9/h2,4,6H,3,5,7,11H2,1H3. The lowest BCUT2D eigenvalue weighted by Gasteiger charge is -2.12. The highest BCUT2D eigenvalue weighted by Crippen LogP contribution is 2.18. The summed E-state index contributed by atoms with van der Waals surface area (Å²) < 4.78 is 5.54. The molecule has 2 heterocycles. The van der Waals surface area contributed by atoms with E-state index < -0.39 is 0 Å². The van der Waals surface area contributed by atoms with Crippen molar-refractivity contribution in [3.63, 3.8) is 0 Å². The number of hydrogen-bond acceptors (Lipinski definition) is 5. The highest BCUT2D eigenvalue weighted by molar-refractivity contribution is 5.69. The first-order chi connectivity index (χ1) is 7.31. The van der Waals surface area contributed by atoms with Gasteiger partial charge in [0.2, 0.25) is 5.65 Å². The van der Waals surface area contributed by atoms with Crippen LogP contribution >= 0.6 is 0 Å². The molecule has 0 aromatic carbocycles. The Labute approximate surface area is 87.9 Å². The van der Waals surface area contributed by atoms with Crippen LogP contribution in [0.3, 0.4) is 0 Å². The molecule has 5 nitrogen and oxygen atoms in total. The average molecular weight is 206 g/mol. The Hall–Kier alpha value is -1.62. The number of hydrogen-bond donors (Lipinski definition) is 1. The van der Waals surface area contributed by atoms with Gasteiger partial charge in [-0.05, 0) is 25.1 Å². The third kappa shape index (κ3) is 2.07. The molecule has 0 bridgehead atoms. The first-order valence-electron chi connectivity index (χ1n) is 4.94. The maximum absolute atomic E-state index is 5.54. The van der Waals surface area contributed by atoms with E-state index >= 15 is 0 Å². The lowest BCUT2D eigenvalue weighted by molar-refractivity contribution is 0.579. The summed E-state index contributed by atoms with van der Waals surface area (Å²) in [5.74, 6) is 0. The van der Waals surface area contributed by atoms with Gasteiger partial charge in [-0.25, -0.2) is 4.98 Å². The zero-order valence-electron chi connectivity index (χ0n) is 8.68. The predicted octanol–water partition coefficient (Wildman–Crippen LogP) is 1.01. The topological polar surface area (TPSA) is 68.2 Å². The highest BCUT2D eigenvalue weighted by atomic mass is 16.4. The second-order valence-electron chi connectivity index (χ2n) is 3.39. The molecule has 0 aliphatic rings. The van der Waals surface area contributed by atoms with Crippen molar-refractivity contribution in [2.75, 3.05) is 25.0 Å². The Bertz CT molecular complexity index is 407. The first kappa shape index (κ1) is 9.92. The molecule has 0 saturated carbocycles. The van der Waals surface area contributed by atoms with E-state index in [1.54, 1.807) is 6.20 Å². The maximum Gasteiger partial charge on any atom is 0.299 e. The number of aromatic nitrogens is 2. The van der Waals surface area contributed by atoms with E-state index in [9.17, 15) is 0 Å². The summed E-state index contributed by atoms with van der Waals surface area (Å²) in [7, 11) is 1.93. The lowest BCUT2D eigenvalue weighted by atomic mass is 10.4. The number of pyridine rings is 1. The van der Waals surface area contributed by atoms with Crippen molar-refractivity contribution in [1.82, 2.24) is 9.97 Å². The van der Waals surface area contributed by atoms with E-state index in [1.165, 1.54) is 0 Å². The molecule has 0 saturated heterocycles. The van der Waals surface area contributed by atoms with E-state index in [4.69, 9.17) is 10.2 Å². The zero-order chi connectivity index (χ0) is 10.7. The van der Waals surface area contributed by atoms with Crippen molar-refractivity contribution in [1.29, 1.82) is 0 Å². The van der Waals surface area contributed by atoms with E-state index in [0.29, 0.717) is 23.8 Å². The van der Waals surface area contributed by atoms with E-state index in [-0.39, 0.29) is 0 Å². The Balaban J connectivity index is 2.20. The van der Waals surface area contributed by atoms with Crippen LogP contribution in [0.25, 0.3) is 11.2 Å². The molecule has 2 rings (SSSR count). The Morgan fingerprint density at radius 3 is 3.13 bits per heavy atom. The van der Waals surface area contributed by atoms with Gasteiger partial charge in [0.1, 0.15) is 0 Å². The van der Waals surface area contributed by atoms with Gasteiger partial charge in [-0.2, -0.15) is 4.98 Å². The SMILES string of the molecule is CN(CCCN)c1nc2ncccc2o1. The van der Waals surface area contributed by atoms with Crippen LogP contribution in [0.2, 0.25) is 0 Å². The lowest BCUT2D eigenvalue weighted by Crippen LogP contribution is -2.21. The summed E-state index contributed by atoms with van der Waals surface area (Å²) in [6.45, 7) is 1.51. The van der Waals surface area contributed by atoms with Crippen LogP contribution in [0.1, 0.15) is 6.42 Å². The molecule has 0 radical (unpaired) electrons. The van der Waals surface area contributed by atoms with E-state index in [0.717, 1.165) is 13.0 Å². The largest absolute Gasteiger partial charge is 0.422 e. The van der Waals surface area contributed by atoms with Gasteiger partial charge in [-0.15, -0.1) is 0 Å². The summed E-state index contributed by atoms with van der Waals surface area (Å²) in [4.78, 5) is 10.3. The average Bonchev–Trinajstić information content (AvgIpc) is 2.69. The van der Waals surface area contributed by atoms with Crippen molar-refractivity contribution in [2.24, 2.45) is 5.73 Å². The third-order valence-corrected chi connectivity index (χ3v) is 2.18. The van der Waals surface area contributed by atoms with Crippen molar-refractivity contribution < 1.29 is 4.42 Å². The summed E-state index contributed by atoms with van der Waals surface area (Å²) >= 11 is 0. The van der Waals surface area contributed by atoms with Gasteiger partial charge >= 0.3 is 0 Å². The van der Waals surface area contributed by atoms with Gasteiger partial charge in [0.25, 0.3) is 6.01 Å². The van der Waals surface area contributed by atoms with E-state index in [2.05, 4.69) is 9.97 Å². The molecular weight excluding hydrogens is 192 g/mol. The monoisotopic (exact) mass is 206 g/mol. The maximum atomic E-state index is 5.54. The molecule has 5 heteroatoms. The number of nitrogens with two attached hydrogens (primary N) is 1. The zero-order valence-corrected chi connectivity index (χ0v) is 8.68. The summed E-state index contributed by atoms with van der Waals surface area (Å²) in [5, 5.41) is 0.